The summed E-state index contributed by atoms with van der Waals surface area (Å²) in [5.74, 6) is 2.02. The third-order valence-electron chi connectivity index (χ3n) is 4.29. The lowest BCUT2D eigenvalue weighted by molar-refractivity contribution is 0.0949. The van der Waals surface area contributed by atoms with Crippen molar-refractivity contribution in [1.82, 2.24) is 10.3 Å². The number of nitrogens with zero attached hydrogens (tertiary/aromatic N) is 2. The smallest absolute Gasteiger partial charge is 0.255 e. The van der Waals surface area contributed by atoms with Gasteiger partial charge in [-0.1, -0.05) is 6.07 Å². The third-order valence-corrected chi connectivity index (χ3v) is 4.29. The van der Waals surface area contributed by atoms with Gasteiger partial charge in [0.15, 0.2) is 0 Å². The highest BCUT2D eigenvalue weighted by atomic mass is 16.3. The topological polar surface area (TPSA) is 78.6 Å². The molecule has 0 unspecified atom stereocenters. The molecule has 1 aliphatic heterocycles. The number of hydrogen-bond acceptors (Lipinski definition) is 5. The summed E-state index contributed by atoms with van der Waals surface area (Å²) in [6.45, 7) is 5.45. The Labute approximate surface area is 141 Å². The van der Waals surface area contributed by atoms with Crippen LogP contribution in [0, 0.1) is 13.8 Å². The number of piperidine rings is 1. The van der Waals surface area contributed by atoms with E-state index >= 15 is 0 Å². The zero-order chi connectivity index (χ0) is 17.1. The lowest BCUT2D eigenvalue weighted by Crippen LogP contribution is -2.39. The monoisotopic (exact) mass is 329 g/mol. The molecule has 1 atom stereocenters. The van der Waals surface area contributed by atoms with Crippen LogP contribution in [-0.4, -0.2) is 35.2 Å². The van der Waals surface area contributed by atoms with Crippen molar-refractivity contribution >= 4 is 11.7 Å². The summed E-state index contributed by atoms with van der Waals surface area (Å²) < 4.78 is 5.41. The highest BCUT2D eigenvalue weighted by Gasteiger charge is 2.21. The number of carbonyl (C=O) groups is 1. The Hall–Kier alpha value is -2.34. The molecule has 24 heavy (non-hydrogen) atoms. The molecule has 0 radical (unpaired) electrons. The number of hydrogen-bond donors (Lipinski definition) is 2. The van der Waals surface area contributed by atoms with Gasteiger partial charge in [-0.15, -0.1) is 0 Å². The van der Waals surface area contributed by atoms with Crippen LogP contribution < -0.4 is 10.2 Å². The fourth-order valence-corrected chi connectivity index (χ4v) is 3.13. The number of aromatic nitrogens is 1. The molecular weight excluding hydrogens is 306 g/mol. The van der Waals surface area contributed by atoms with Gasteiger partial charge in [-0.2, -0.15) is 0 Å². The van der Waals surface area contributed by atoms with Crippen molar-refractivity contribution in [3.05, 3.63) is 47.0 Å². The molecular formula is C18H23N3O3. The van der Waals surface area contributed by atoms with Crippen molar-refractivity contribution in [3.8, 4) is 0 Å². The number of β-amino-alcohol motifs (C(OH)–C–C–N with tert-alkyl or cyclic N) is 1. The lowest BCUT2D eigenvalue weighted by Gasteiger charge is -2.32. The number of aliphatic hydroxyl groups excluding tert-OH is 1. The first-order chi connectivity index (χ1) is 11.5. The summed E-state index contributed by atoms with van der Waals surface area (Å²) in [5, 5.41) is 12.8. The minimum absolute atomic E-state index is 0.155. The van der Waals surface area contributed by atoms with Crippen LogP contribution in [0.4, 0.5) is 5.82 Å². The maximum absolute atomic E-state index is 12.3. The fraction of sp³-hybridized carbons (Fsp3) is 0.444. The molecule has 3 heterocycles. The summed E-state index contributed by atoms with van der Waals surface area (Å²) in [6.07, 6.45) is 3.19. The second-order valence-corrected chi connectivity index (χ2v) is 6.24. The van der Waals surface area contributed by atoms with E-state index in [4.69, 9.17) is 4.42 Å². The van der Waals surface area contributed by atoms with Crippen molar-refractivity contribution in [1.29, 1.82) is 0 Å². The van der Waals surface area contributed by atoms with Gasteiger partial charge in [-0.3, -0.25) is 4.79 Å². The quantitative estimate of drug-likeness (QED) is 0.899. The molecule has 6 heteroatoms. The van der Waals surface area contributed by atoms with Crippen molar-refractivity contribution in [2.75, 3.05) is 18.0 Å². The number of amides is 1. The number of anilines is 1. The van der Waals surface area contributed by atoms with Gasteiger partial charge in [0.25, 0.3) is 5.91 Å². The van der Waals surface area contributed by atoms with E-state index in [-0.39, 0.29) is 12.0 Å². The first kappa shape index (κ1) is 16.5. The van der Waals surface area contributed by atoms with Crippen molar-refractivity contribution in [2.45, 2.75) is 39.3 Å². The Kier molecular flexibility index (Phi) is 4.85. The SMILES string of the molecule is Cc1cc(C(=O)NCc2cccnc2N2CCC[C@H](O)C2)c(C)o1. The number of aryl methyl sites for hydroxylation is 2. The molecule has 0 saturated carbocycles. The van der Waals surface area contributed by atoms with Gasteiger partial charge in [0, 0.05) is 31.4 Å². The Morgan fingerprint density at radius 1 is 1.50 bits per heavy atom. The van der Waals surface area contributed by atoms with Crippen LogP contribution in [0.15, 0.2) is 28.8 Å². The van der Waals surface area contributed by atoms with Gasteiger partial charge in [0.2, 0.25) is 0 Å². The molecule has 128 valence electrons. The Morgan fingerprint density at radius 2 is 2.33 bits per heavy atom. The molecule has 6 nitrogen and oxygen atoms in total. The average molecular weight is 329 g/mol. The molecule has 2 aromatic rings. The molecule has 1 saturated heterocycles. The van der Waals surface area contributed by atoms with Crippen molar-refractivity contribution in [3.63, 3.8) is 0 Å². The maximum atomic E-state index is 12.3. The minimum Gasteiger partial charge on any atom is -0.466 e. The number of nitrogens with one attached hydrogen (secondary N) is 1. The van der Waals surface area contributed by atoms with Crippen LogP contribution in [0.3, 0.4) is 0 Å². The molecule has 1 fully saturated rings. The van der Waals surface area contributed by atoms with Gasteiger partial charge >= 0.3 is 0 Å². The minimum atomic E-state index is -0.320. The first-order valence-corrected chi connectivity index (χ1v) is 8.26. The Balaban J connectivity index is 1.71. The van der Waals surface area contributed by atoms with Crippen molar-refractivity contribution < 1.29 is 14.3 Å². The number of furan rings is 1. The number of aliphatic hydroxyl groups is 1. The molecule has 2 aromatic heterocycles. The Bertz CT molecular complexity index is 726. The predicted octanol–water partition coefficient (Wildman–Crippen LogP) is 2.18. The summed E-state index contributed by atoms with van der Waals surface area (Å²) >= 11 is 0. The molecule has 3 rings (SSSR count). The number of pyridine rings is 1. The summed E-state index contributed by atoms with van der Waals surface area (Å²) in [5.41, 5.74) is 1.50. The predicted molar refractivity (Wildman–Crippen MR) is 91.0 cm³/mol. The molecule has 0 spiro atoms. The van der Waals surface area contributed by atoms with E-state index < -0.39 is 0 Å². The maximum Gasteiger partial charge on any atom is 0.255 e. The molecule has 0 aliphatic carbocycles. The molecule has 1 aliphatic rings. The van der Waals surface area contributed by atoms with Gasteiger partial charge in [0.05, 0.1) is 11.7 Å². The van der Waals surface area contributed by atoms with Crippen LogP contribution in [-0.2, 0) is 6.54 Å². The van der Waals surface area contributed by atoms with E-state index in [9.17, 15) is 9.90 Å². The number of carbonyl (C=O) groups excluding carboxylic acids is 1. The normalized spacial score (nSPS) is 17.8. The van der Waals surface area contributed by atoms with E-state index in [1.54, 1.807) is 19.2 Å². The van der Waals surface area contributed by atoms with E-state index in [2.05, 4.69) is 15.2 Å². The zero-order valence-corrected chi connectivity index (χ0v) is 14.1. The molecule has 1 amide bonds. The highest BCUT2D eigenvalue weighted by molar-refractivity contribution is 5.95. The second kappa shape index (κ2) is 7.05. The van der Waals surface area contributed by atoms with Gasteiger partial charge < -0.3 is 19.7 Å². The summed E-state index contributed by atoms with van der Waals surface area (Å²) in [6, 6.07) is 5.56. The largest absolute Gasteiger partial charge is 0.466 e. The Morgan fingerprint density at radius 3 is 3.04 bits per heavy atom. The van der Waals surface area contributed by atoms with Gasteiger partial charge in [-0.25, -0.2) is 4.98 Å². The van der Waals surface area contributed by atoms with Crippen LogP contribution >= 0.6 is 0 Å². The van der Waals surface area contributed by atoms with E-state index in [1.165, 1.54) is 0 Å². The van der Waals surface area contributed by atoms with Crippen LogP contribution in [0.25, 0.3) is 0 Å². The molecule has 2 N–H and O–H groups in total. The van der Waals surface area contributed by atoms with Gasteiger partial charge in [0.1, 0.15) is 17.3 Å². The van der Waals surface area contributed by atoms with E-state index in [0.29, 0.717) is 24.4 Å². The third kappa shape index (κ3) is 3.59. The number of rotatable bonds is 4. The van der Waals surface area contributed by atoms with E-state index in [0.717, 1.165) is 36.5 Å². The molecule has 0 aromatic carbocycles. The standard InChI is InChI=1S/C18H23N3O3/c1-12-9-16(13(2)24-12)18(23)20-10-14-5-3-7-19-17(14)21-8-4-6-15(22)11-21/h3,5,7,9,15,22H,4,6,8,10-11H2,1-2H3,(H,20,23)/t15-/m0/s1. The molecule has 0 bridgehead atoms. The van der Waals surface area contributed by atoms with Gasteiger partial charge in [-0.05, 0) is 38.8 Å². The average Bonchev–Trinajstić information content (AvgIpc) is 2.91. The summed E-state index contributed by atoms with van der Waals surface area (Å²) in [4.78, 5) is 18.9. The lowest BCUT2D eigenvalue weighted by atomic mass is 10.1. The summed E-state index contributed by atoms with van der Waals surface area (Å²) in [7, 11) is 0. The fourth-order valence-electron chi connectivity index (χ4n) is 3.13. The second-order valence-electron chi connectivity index (χ2n) is 6.24. The van der Waals surface area contributed by atoms with Crippen LogP contribution in [0.5, 0.6) is 0 Å². The van der Waals surface area contributed by atoms with E-state index in [1.807, 2.05) is 19.1 Å². The van der Waals surface area contributed by atoms with Crippen LogP contribution in [0.2, 0.25) is 0 Å². The van der Waals surface area contributed by atoms with Crippen molar-refractivity contribution in [2.24, 2.45) is 0 Å². The van der Waals surface area contributed by atoms with Crippen LogP contribution in [0.1, 0.15) is 40.3 Å². The first-order valence-electron chi connectivity index (χ1n) is 8.26. The zero-order valence-electron chi connectivity index (χ0n) is 14.1. The highest BCUT2D eigenvalue weighted by Crippen LogP contribution is 2.22.